The Hall–Kier alpha value is -5.92. The molecule has 0 spiro atoms. The number of halogens is 6. The van der Waals surface area contributed by atoms with Gasteiger partial charge in [0.05, 0.1) is 36.3 Å². The van der Waals surface area contributed by atoms with Gasteiger partial charge in [0, 0.05) is 12.1 Å². The van der Waals surface area contributed by atoms with Gasteiger partial charge in [-0.1, -0.05) is 0 Å². The Balaban J connectivity index is 0.000000260. The van der Waals surface area contributed by atoms with Gasteiger partial charge in [0.1, 0.15) is 17.5 Å². The first-order chi connectivity index (χ1) is 25.4. The first-order valence-corrected chi connectivity index (χ1v) is 16.3. The minimum Gasteiger partial charge on any atom is -0.406 e. The smallest absolute Gasteiger partial charge is 0.406 e. The van der Waals surface area contributed by atoms with Crippen molar-refractivity contribution in [1.82, 2.24) is 20.1 Å². The zero-order valence-electron chi connectivity index (χ0n) is 28.6. The molecule has 7 amide bonds. The van der Waals surface area contributed by atoms with Crippen LogP contribution < -0.4 is 29.9 Å². The lowest BCUT2D eigenvalue weighted by Gasteiger charge is -2.28. The largest absolute Gasteiger partial charge is 0.573 e. The summed E-state index contributed by atoms with van der Waals surface area (Å²) in [6.07, 6.45) is -5.09. The van der Waals surface area contributed by atoms with Crippen LogP contribution in [0.5, 0.6) is 11.5 Å². The van der Waals surface area contributed by atoms with E-state index >= 15 is 0 Å². The van der Waals surface area contributed by atoms with Crippen molar-refractivity contribution >= 4 is 46.8 Å². The maximum Gasteiger partial charge on any atom is 0.573 e. The van der Waals surface area contributed by atoms with Crippen molar-refractivity contribution in [2.45, 2.75) is 45.1 Å². The number of hydrogen-bond donors (Lipinski definition) is 2. The van der Waals surface area contributed by atoms with E-state index in [9.17, 15) is 50.3 Å². The highest BCUT2D eigenvalue weighted by molar-refractivity contribution is 6.21. The maximum absolute atomic E-state index is 13.2. The number of ether oxygens (including phenoxy) is 2. The molecule has 3 aliphatic rings. The van der Waals surface area contributed by atoms with Gasteiger partial charge in [-0.2, -0.15) is 0 Å². The third-order valence-corrected chi connectivity index (χ3v) is 8.58. The van der Waals surface area contributed by atoms with E-state index in [1.165, 1.54) is 41.6 Å². The third kappa shape index (κ3) is 9.73. The Bertz CT molecular complexity index is 1850. The number of urea groups is 2. The molecule has 0 bridgehead atoms. The zero-order valence-corrected chi connectivity index (χ0v) is 28.6. The van der Waals surface area contributed by atoms with Crippen molar-refractivity contribution in [3.63, 3.8) is 0 Å². The lowest BCUT2D eigenvalue weighted by atomic mass is 9.96. The predicted octanol–water partition coefficient (Wildman–Crippen LogP) is 5.26. The van der Waals surface area contributed by atoms with Crippen LogP contribution in [-0.2, 0) is 20.9 Å². The van der Waals surface area contributed by atoms with E-state index in [0.717, 1.165) is 60.0 Å². The highest BCUT2D eigenvalue weighted by Gasteiger charge is 2.44. The number of piperidine rings is 1. The third-order valence-electron chi connectivity index (χ3n) is 8.58. The summed E-state index contributed by atoms with van der Waals surface area (Å²) >= 11 is 0. The van der Waals surface area contributed by atoms with Crippen LogP contribution in [0.25, 0.3) is 0 Å². The van der Waals surface area contributed by atoms with Crippen molar-refractivity contribution in [3.8, 4) is 11.5 Å². The van der Waals surface area contributed by atoms with E-state index in [-0.39, 0.29) is 36.3 Å². The van der Waals surface area contributed by atoms with Crippen LogP contribution in [-0.4, -0.2) is 90.0 Å². The molecule has 288 valence electrons. The minimum absolute atomic E-state index is 0.0308. The summed E-state index contributed by atoms with van der Waals surface area (Å²) in [6.45, 7) is 3.14. The summed E-state index contributed by atoms with van der Waals surface area (Å²) in [5.74, 6) is -2.10. The van der Waals surface area contributed by atoms with Gasteiger partial charge in [-0.25, -0.2) is 19.4 Å². The fourth-order valence-electron chi connectivity index (χ4n) is 5.79. The highest BCUT2D eigenvalue weighted by Crippen LogP contribution is 2.31. The molecule has 14 nitrogen and oxygen atoms in total. The fraction of sp³-hybridized carbons (Fsp3) is 0.353. The lowest BCUT2D eigenvalue weighted by Crippen LogP contribution is -2.36. The second kappa shape index (κ2) is 16.0. The predicted molar refractivity (Wildman–Crippen MR) is 178 cm³/mol. The van der Waals surface area contributed by atoms with E-state index in [4.69, 9.17) is 0 Å². The molecule has 3 aliphatic heterocycles. The van der Waals surface area contributed by atoms with Crippen molar-refractivity contribution in [2.75, 3.05) is 41.8 Å². The first kappa shape index (κ1) is 39.3. The molecule has 1 atom stereocenters. The van der Waals surface area contributed by atoms with Gasteiger partial charge < -0.3 is 29.9 Å². The molecular weight excluding hydrogens is 732 g/mol. The number of carbonyl (C=O) groups excluding carboxylic acids is 5. The molecule has 4 heterocycles. The van der Waals surface area contributed by atoms with Crippen LogP contribution in [0, 0.1) is 5.92 Å². The van der Waals surface area contributed by atoms with Crippen LogP contribution in [0.1, 0.15) is 25.3 Å². The summed E-state index contributed by atoms with van der Waals surface area (Å²) in [6, 6.07) is 8.57. The number of nitrogens with zero attached hydrogens (tertiary/aromatic N) is 5. The summed E-state index contributed by atoms with van der Waals surface area (Å²) in [7, 11) is 2.01. The van der Waals surface area contributed by atoms with Crippen molar-refractivity contribution in [3.05, 3.63) is 72.6 Å². The number of anilines is 3. The second-order valence-corrected chi connectivity index (χ2v) is 12.3. The van der Waals surface area contributed by atoms with E-state index in [2.05, 4.69) is 30.0 Å². The quantitative estimate of drug-likeness (QED) is 0.231. The molecule has 3 aromatic rings. The Morgan fingerprint density at radius 1 is 0.852 bits per heavy atom. The maximum atomic E-state index is 13.2. The van der Waals surface area contributed by atoms with E-state index in [1.54, 1.807) is 13.0 Å². The van der Waals surface area contributed by atoms with Crippen molar-refractivity contribution < 1.29 is 59.8 Å². The van der Waals surface area contributed by atoms with Gasteiger partial charge in [-0.15, -0.1) is 26.3 Å². The van der Waals surface area contributed by atoms with E-state index in [1.807, 2.05) is 7.05 Å². The van der Waals surface area contributed by atoms with E-state index < -0.39 is 54.1 Å². The normalized spacial score (nSPS) is 18.4. The molecule has 54 heavy (non-hydrogen) atoms. The van der Waals surface area contributed by atoms with E-state index in [0.29, 0.717) is 11.3 Å². The van der Waals surface area contributed by atoms with Crippen LogP contribution in [0.2, 0.25) is 0 Å². The topological polar surface area (TPSA) is 154 Å². The molecule has 0 radical (unpaired) electrons. The molecule has 20 heteroatoms. The average Bonchev–Trinajstić information content (AvgIpc) is 3.54. The Labute approximate surface area is 303 Å². The number of alkyl halides is 6. The summed E-state index contributed by atoms with van der Waals surface area (Å²) in [4.78, 5) is 70.8. The summed E-state index contributed by atoms with van der Waals surface area (Å²) < 4.78 is 80.6. The van der Waals surface area contributed by atoms with Crippen LogP contribution in [0.15, 0.2) is 67.0 Å². The molecule has 2 aromatic carbocycles. The molecule has 3 fully saturated rings. The highest BCUT2D eigenvalue weighted by atomic mass is 19.4. The van der Waals surface area contributed by atoms with Crippen molar-refractivity contribution in [1.29, 1.82) is 0 Å². The van der Waals surface area contributed by atoms with Crippen molar-refractivity contribution in [2.24, 2.45) is 5.92 Å². The van der Waals surface area contributed by atoms with Gasteiger partial charge in [-0.3, -0.25) is 19.4 Å². The molecule has 2 N–H and O–H groups in total. The number of hydrogen-bond acceptors (Lipinski definition) is 9. The van der Waals surface area contributed by atoms with Gasteiger partial charge in [0.15, 0.2) is 0 Å². The molecular formula is C34H33F6N7O7. The van der Waals surface area contributed by atoms with Gasteiger partial charge in [0.25, 0.3) is 11.8 Å². The van der Waals surface area contributed by atoms with Crippen LogP contribution in [0.4, 0.5) is 53.0 Å². The molecule has 1 unspecified atom stereocenters. The molecule has 3 saturated heterocycles. The number of nitrogens with one attached hydrogen (secondary N) is 2. The van der Waals surface area contributed by atoms with Gasteiger partial charge in [0.2, 0.25) is 5.91 Å². The zero-order chi connectivity index (χ0) is 39.4. The number of carbonyl (C=O) groups is 5. The SMILES string of the molecule is CC1C(=O)N(c2ccc(OC(F)(F)F)cc2)C(=O)N1Cc1ccncc1NC(=O)C1CCN(C)CC1.O=C1CNC(=O)N1c1ccc(OC(F)(F)F)cc1. The van der Waals surface area contributed by atoms with Gasteiger partial charge in [-0.05, 0) is 100 Å². The number of amides is 7. The van der Waals surface area contributed by atoms with Crippen LogP contribution >= 0.6 is 0 Å². The Morgan fingerprint density at radius 3 is 1.89 bits per heavy atom. The molecule has 6 rings (SSSR count). The fourth-order valence-corrected chi connectivity index (χ4v) is 5.79. The van der Waals surface area contributed by atoms with Crippen LogP contribution in [0.3, 0.4) is 0 Å². The Kier molecular flexibility index (Phi) is 11.6. The number of imide groups is 2. The number of rotatable bonds is 8. The standard InChI is InChI=1S/C24H26F3N5O4.C10H7F3N2O3/c1-15-22(34)32(18-3-5-19(6-4-18)36-24(25,26)27)23(35)31(15)14-17-7-10-28-13-20(17)29-21(33)16-8-11-30(2)12-9-16;11-10(12,13)18-7-3-1-6(2-4-7)15-8(16)5-14-9(15)17/h3-7,10,13,15-16H,8-9,11-12,14H2,1-2H3,(H,29,33);1-4H,5H2,(H,14,17). The monoisotopic (exact) mass is 765 g/mol. The number of benzene rings is 2. The lowest BCUT2D eigenvalue weighted by molar-refractivity contribution is -0.275. The molecule has 0 saturated carbocycles. The molecule has 0 aliphatic carbocycles. The molecule has 1 aromatic heterocycles. The minimum atomic E-state index is -4.85. The average molecular weight is 766 g/mol. The van der Waals surface area contributed by atoms with Gasteiger partial charge >= 0.3 is 24.8 Å². The Morgan fingerprint density at radius 2 is 1.39 bits per heavy atom. The first-order valence-electron chi connectivity index (χ1n) is 16.3. The number of likely N-dealkylation sites (tertiary alicyclic amines) is 1. The second-order valence-electron chi connectivity index (χ2n) is 12.3. The summed E-state index contributed by atoms with van der Waals surface area (Å²) in [5, 5.41) is 5.21. The number of pyridine rings is 1. The number of aromatic nitrogens is 1. The summed E-state index contributed by atoms with van der Waals surface area (Å²) in [5.41, 5.74) is 1.37.